The molecule has 0 radical (unpaired) electrons. The van der Waals surface area contributed by atoms with Gasteiger partial charge in [0.1, 0.15) is 5.82 Å². The predicted octanol–water partition coefficient (Wildman–Crippen LogP) is 2.99. The Labute approximate surface area is 221 Å². The lowest BCUT2D eigenvalue weighted by atomic mass is 10.2. The van der Waals surface area contributed by atoms with E-state index in [0.29, 0.717) is 24.1 Å². The summed E-state index contributed by atoms with van der Waals surface area (Å²) in [6.45, 7) is 4.27. The highest BCUT2D eigenvalue weighted by Crippen LogP contribution is 2.39. The summed E-state index contributed by atoms with van der Waals surface area (Å²) < 4.78 is 31.0. The molecule has 10 nitrogen and oxygen atoms in total. The molecule has 2 atom stereocenters. The summed E-state index contributed by atoms with van der Waals surface area (Å²) in [7, 11) is -3.18. The Kier molecular flexibility index (Phi) is 6.39. The van der Waals surface area contributed by atoms with Crippen LogP contribution in [0.3, 0.4) is 0 Å². The van der Waals surface area contributed by atoms with Gasteiger partial charge >= 0.3 is 0 Å². The van der Waals surface area contributed by atoms with Crippen molar-refractivity contribution in [1.82, 2.24) is 19.3 Å². The van der Waals surface area contributed by atoms with Gasteiger partial charge in [0.25, 0.3) is 0 Å². The number of hydrogen-bond donors (Lipinski definition) is 1. The molecule has 12 heteroatoms. The summed E-state index contributed by atoms with van der Waals surface area (Å²) in [4.78, 5) is 18.1. The Morgan fingerprint density at radius 2 is 1.89 bits per heavy atom. The third-order valence-electron chi connectivity index (χ3n) is 7.16. The van der Waals surface area contributed by atoms with Crippen LogP contribution in [0.2, 0.25) is 5.02 Å². The Hall–Kier alpha value is -2.99. The van der Waals surface area contributed by atoms with E-state index in [1.165, 1.54) is 6.26 Å². The van der Waals surface area contributed by atoms with Crippen molar-refractivity contribution < 1.29 is 13.2 Å². The molecule has 2 bridgehead atoms. The van der Waals surface area contributed by atoms with Gasteiger partial charge in [-0.2, -0.15) is 4.31 Å². The van der Waals surface area contributed by atoms with Gasteiger partial charge in [0, 0.05) is 61.9 Å². The van der Waals surface area contributed by atoms with Crippen LogP contribution >= 0.6 is 11.6 Å². The quantitative estimate of drug-likeness (QED) is 0.504. The highest BCUT2D eigenvalue weighted by Gasteiger charge is 2.47. The van der Waals surface area contributed by atoms with Gasteiger partial charge in [-0.3, -0.25) is 0 Å². The molecule has 0 amide bonds. The fourth-order valence-corrected chi connectivity index (χ4v) is 6.80. The minimum atomic E-state index is -3.18. The van der Waals surface area contributed by atoms with Gasteiger partial charge in [-0.25, -0.2) is 23.4 Å². The van der Waals surface area contributed by atoms with E-state index in [2.05, 4.69) is 30.1 Å². The number of halogens is 1. The largest absolute Gasteiger partial charge is 0.378 e. The average Bonchev–Trinajstić information content (AvgIpc) is 3.51. The lowest BCUT2D eigenvalue weighted by Gasteiger charge is -2.34. The van der Waals surface area contributed by atoms with Crippen LogP contribution in [0, 0.1) is 0 Å². The first-order valence-electron chi connectivity index (χ1n) is 12.3. The van der Waals surface area contributed by atoms with E-state index in [9.17, 15) is 8.42 Å². The van der Waals surface area contributed by atoms with Gasteiger partial charge in [0.05, 0.1) is 35.9 Å². The van der Waals surface area contributed by atoms with Gasteiger partial charge < -0.3 is 19.9 Å². The minimum absolute atomic E-state index is 0.00225. The van der Waals surface area contributed by atoms with Gasteiger partial charge in [0.2, 0.25) is 16.0 Å². The number of fused-ring (bicyclic) bond motifs is 2. The number of rotatable bonds is 6. The molecule has 1 N–H and O–H groups in total. The molecule has 3 aromatic rings. The molecule has 194 valence electrons. The van der Waals surface area contributed by atoms with Crippen LogP contribution in [-0.4, -0.2) is 85.4 Å². The van der Waals surface area contributed by atoms with Crippen molar-refractivity contribution in [2.75, 3.05) is 60.8 Å². The third-order valence-corrected chi connectivity index (χ3v) is 8.77. The Bertz CT molecular complexity index is 1400. The smallest absolute Gasteiger partial charge is 0.227 e. The molecule has 0 saturated carbocycles. The molecular weight excluding hydrogens is 514 g/mol. The monoisotopic (exact) mass is 541 g/mol. The van der Waals surface area contributed by atoms with Gasteiger partial charge in [0.15, 0.2) is 0 Å². The maximum Gasteiger partial charge on any atom is 0.227 e. The Balaban J connectivity index is 1.14. The lowest BCUT2D eigenvalue weighted by molar-refractivity contribution is 0.122. The van der Waals surface area contributed by atoms with Crippen molar-refractivity contribution >= 4 is 44.8 Å². The number of nitrogens with one attached hydrogen (secondary N) is 1. The van der Waals surface area contributed by atoms with Crippen molar-refractivity contribution in [2.24, 2.45) is 0 Å². The second kappa shape index (κ2) is 9.71. The molecule has 2 aromatic heterocycles. The number of benzene rings is 1. The molecule has 3 aliphatic heterocycles. The van der Waals surface area contributed by atoms with Crippen molar-refractivity contribution in [3.63, 3.8) is 0 Å². The van der Waals surface area contributed by atoms with E-state index >= 15 is 0 Å². The number of ether oxygens (including phenoxy) is 1. The zero-order chi connectivity index (χ0) is 25.6. The maximum atomic E-state index is 12.0. The molecule has 3 saturated heterocycles. The topological polar surface area (TPSA) is 104 Å². The number of morpholine rings is 1. The van der Waals surface area contributed by atoms with Crippen LogP contribution in [-0.2, 0) is 14.8 Å². The zero-order valence-corrected chi connectivity index (χ0v) is 22.0. The number of hydrogen-bond acceptors (Lipinski definition) is 9. The SMILES string of the molecule is CS(=O)(=O)N1C[C@@H]2C[C@H]1CN2c1ccc(Nc2nccc(-c3ccc(N4CCOCC4)nc3)n2)cc1Cl. The van der Waals surface area contributed by atoms with Crippen molar-refractivity contribution in [1.29, 1.82) is 0 Å². The first-order valence-corrected chi connectivity index (χ1v) is 14.5. The molecule has 1 aromatic carbocycles. The lowest BCUT2D eigenvalue weighted by Crippen LogP contribution is -2.48. The van der Waals surface area contributed by atoms with Crippen LogP contribution in [0.5, 0.6) is 0 Å². The molecule has 0 aliphatic carbocycles. The molecule has 3 fully saturated rings. The van der Waals surface area contributed by atoms with Crippen LogP contribution in [0.15, 0.2) is 48.8 Å². The number of aromatic nitrogens is 3. The molecule has 0 unspecified atom stereocenters. The second-order valence-electron chi connectivity index (χ2n) is 9.59. The van der Waals surface area contributed by atoms with E-state index in [0.717, 1.165) is 61.2 Å². The Morgan fingerprint density at radius 3 is 2.57 bits per heavy atom. The van der Waals surface area contributed by atoms with E-state index in [-0.39, 0.29) is 12.1 Å². The van der Waals surface area contributed by atoms with Gasteiger partial charge in [-0.15, -0.1) is 0 Å². The van der Waals surface area contributed by atoms with E-state index in [1.807, 2.05) is 42.6 Å². The number of pyridine rings is 1. The Morgan fingerprint density at radius 1 is 1.05 bits per heavy atom. The third kappa shape index (κ3) is 4.96. The normalized spacial score (nSPS) is 22.0. The summed E-state index contributed by atoms with van der Waals surface area (Å²) in [6.07, 6.45) is 5.65. The number of nitrogens with zero attached hydrogens (tertiary/aromatic N) is 6. The average molecular weight is 542 g/mol. The fraction of sp³-hybridized carbons (Fsp3) is 0.400. The fourth-order valence-electron chi connectivity index (χ4n) is 5.38. The molecule has 6 rings (SSSR count). The number of piperazine rings is 1. The van der Waals surface area contributed by atoms with Crippen LogP contribution in [0.1, 0.15) is 6.42 Å². The minimum Gasteiger partial charge on any atom is -0.378 e. The highest BCUT2D eigenvalue weighted by atomic mass is 35.5. The van der Waals surface area contributed by atoms with Gasteiger partial charge in [-0.1, -0.05) is 11.6 Å². The first kappa shape index (κ1) is 24.4. The summed E-state index contributed by atoms with van der Waals surface area (Å²) in [6, 6.07) is 11.8. The standard InChI is InChI=1S/C25H28ClN7O3S/c1-37(34,35)33-16-19-13-20(33)15-32(19)23-4-3-18(12-21(23)26)29-25-27-7-6-22(30-25)17-2-5-24(28-14-17)31-8-10-36-11-9-31/h2-7,12,14,19-20H,8-11,13,15-16H2,1H3,(H,27,29,30)/t19-,20-/m0/s1. The highest BCUT2D eigenvalue weighted by molar-refractivity contribution is 7.88. The molecule has 3 aliphatic rings. The van der Waals surface area contributed by atoms with Crippen molar-refractivity contribution in [3.8, 4) is 11.3 Å². The second-order valence-corrected chi connectivity index (χ2v) is 11.9. The van der Waals surface area contributed by atoms with Crippen molar-refractivity contribution in [2.45, 2.75) is 18.5 Å². The number of sulfonamides is 1. The summed E-state index contributed by atoms with van der Waals surface area (Å²) in [5, 5.41) is 3.84. The van der Waals surface area contributed by atoms with Crippen molar-refractivity contribution in [3.05, 3.63) is 53.8 Å². The predicted molar refractivity (Wildman–Crippen MR) is 144 cm³/mol. The summed E-state index contributed by atoms with van der Waals surface area (Å²) in [5.41, 5.74) is 3.36. The van der Waals surface area contributed by atoms with Gasteiger partial charge in [-0.05, 0) is 42.8 Å². The number of anilines is 4. The van der Waals surface area contributed by atoms with E-state index in [4.69, 9.17) is 16.3 Å². The first-order chi connectivity index (χ1) is 17.8. The molecule has 0 spiro atoms. The van der Waals surface area contributed by atoms with Crippen LogP contribution in [0.25, 0.3) is 11.3 Å². The van der Waals surface area contributed by atoms with E-state index < -0.39 is 10.0 Å². The molecule has 37 heavy (non-hydrogen) atoms. The van der Waals surface area contributed by atoms with Crippen LogP contribution in [0.4, 0.5) is 23.1 Å². The van der Waals surface area contributed by atoms with Crippen LogP contribution < -0.4 is 15.1 Å². The zero-order valence-electron chi connectivity index (χ0n) is 20.4. The summed E-state index contributed by atoms with van der Waals surface area (Å²) >= 11 is 6.67. The molecule has 5 heterocycles. The molecular formula is C25H28ClN7O3S. The maximum absolute atomic E-state index is 12.0. The van der Waals surface area contributed by atoms with E-state index in [1.54, 1.807) is 10.5 Å². The summed E-state index contributed by atoms with van der Waals surface area (Å²) in [5.74, 6) is 1.40.